The van der Waals surface area contributed by atoms with Crippen LogP contribution < -0.4 is 10.6 Å². The van der Waals surface area contributed by atoms with Gasteiger partial charge in [0.1, 0.15) is 0 Å². The van der Waals surface area contributed by atoms with Crippen molar-refractivity contribution in [3.63, 3.8) is 0 Å². The number of hydrogen-bond donors (Lipinski definition) is 2. The Morgan fingerprint density at radius 3 is 2.77 bits per heavy atom. The highest BCUT2D eigenvalue weighted by Crippen LogP contribution is 2.11. The van der Waals surface area contributed by atoms with Gasteiger partial charge in [-0.05, 0) is 49.7 Å². The molecule has 0 atom stereocenters. The molecular formula is C19H24N6S. The van der Waals surface area contributed by atoms with Crippen molar-refractivity contribution < 1.29 is 0 Å². The number of aromatic nitrogens is 4. The zero-order valence-electron chi connectivity index (χ0n) is 15.1. The molecule has 6 nitrogen and oxygen atoms in total. The first-order valence-electron chi connectivity index (χ1n) is 8.72. The third-order valence-electron chi connectivity index (χ3n) is 4.11. The van der Waals surface area contributed by atoms with Crippen molar-refractivity contribution in [3.05, 3.63) is 65.7 Å². The van der Waals surface area contributed by atoms with Crippen LogP contribution in [0.15, 0.2) is 48.9 Å². The Bertz CT molecular complexity index is 866. The summed E-state index contributed by atoms with van der Waals surface area (Å²) in [6.07, 6.45) is 6.70. The van der Waals surface area contributed by atoms with Crippen LogP contribution in [0.25, 0.3) is 0 Å². The van der Waals surface area contributed by atoms with Crippen LogP contribution in [0.2, 0.25) is 0 Å². The van der Waals surface area contributed by atoms with Crippen LogP contribution >= 0.6 is 12.2 Å². The summed E-state index contributed by atoms with van der Waals surface area (Å²) in [5.74, 6) is 0. The van der Waals surface area contributed by atoms with Gasteiger partial charge in [-0.1, -0.05) is 24.3 Å². The molecule has 136 valence electrons. The molecule has 0 fully saturated rings. The number of rotatable bonds is 7. The Balaban J connectivity index is 1.42. The van der Waals surface area contributed by atoms with E-state index in [4.69, 9.17) is 12.2 Å². The number of nitrogens with zero attached hydrogens (tertiary/aromatic N) is 4. The maximum Gasteiger partial charge on any atom is 0.170 e. The SMILES string of the molecule is Cc1ccn(CCCNC(=S)Nc2cnn(Cc3ccccc3C)c2)n1. The molecule has 26 heavy (non-hydrogen) atoms. The zero-order valence-corrected chi connectivity index (χ0v) is 16.0. The minimum absolute atomic E-state index is 0.608. The summed E-state index contributed by atoms with van der Waals surface area (Å²) in [5, 5.41) is 15.8. The molecule has 0 aliphatic heterocycles. The first-order valence-corrected chi connectivity index (χ1v) is 9.13. The second-order valence-electron chi connectivity index (χ2n) is 6.31. The quantitative estimate of drug-likeness (QED) is 0.496. The van der Waals surface area contributed by atoms with Crippen LogP contribution in [0, 0.1) is 13.8 Å². The lowest BCUT2D eigenvalue weighted by Gasteiger charge is -2.09. The van der Waals surface area contributed by atoms with Gasteiger partial charge in [-0.2, -0.15) is 10.2 Å². The molecule has 0 saturated carbocycles. The third kappa shape index (κ3) is 5.16. The standard InChI is InChI=1S/C19H24N6S/c1-15-6-3-4-7-17(15)13-25-14-18(12-21-25)22-19(26)20-9-5-10-24-11-8-16(2)23-24/h3-4,6-8,11-12,14H,5,9-10,13H2,1-2H3,(H2,20,22,26). The van der Waals surface area contributed by atoms with Gasteiger partial charge < -0.3 is 10.6 Å². The van der Waals surface area contributed by atoms with Gasteiger partial charge in [0.15, 0.2) is 5.11 Å². The third-order valence-corrected chi connectivity index (χ3v) is 4.35. The van der Waals surface area contributed by atoms with Gasteiger partial charge >= 0.3 is 0 Å². The molecule has 0 bridgehead atoms. The van der Waals surface area contributed by atoms with Crippen LogP contribution in [0.1, 0.15) is 23.2 Å². The fraction of sp³-hybridized carbons (Fsp3) is 0.316. The van der Waals surface area contributed by atoms with Gasteiger partial charge in [-0.15, -0.1) is 0 Å². The Morgan fingerprint density at radius 2 is 2.00 bits per heavy atom. The molecule has 0 aliphatic carbocycles. The maximum absolute atomic E-state index is 5.35. The van der Waals surface area contributed by atoms with E-state index in [0.717, 1.165) is 37.4 Å². The van der Waals surface area contributed by atoms with Crippen molar-refractivity contribution in [2.24, 2.45) is 0 Å². The second kappa shape index (κ2) is 8.62. The van der Waals surface area contributed by atoms with Crippen molar-refractivity contribution >= 4 is 23.0 Å². The fourth-order valence-electron chi connectivity index (χ4n) is 2.68. The van der Waals surface area contributed by atoms with E-state index in [0.29, 0.717) is 5.11 Å². The van der Waals surface area contributed by atoms with Crippen LogP contribution in [-0.2, 0) is 13.1 Å². The van der Waals surface area contributed by atoms with E-state index >= 15 is 0 Å². The average molecular weight is 369 g/mol. The molecule has 1 aromatic carbocycles. The van der Waals surface area contributed by atoms with E-state index in [2.05, 4.69) is 46.0 Å². The van der Waals surface area contributed by atoms with Crippen molar-refractivity contribution in [1.29, 1.82) is 0 Å². The summed E-state index contributed by atoms with van der Waals surface area (Å²) < 4.78 is 3.86. The normalized spacial score (nSPS) is 10.7. The molecule has 0 unspecified atom stereocenters. The van der Waals surface area contributed by atoms with Gasteiger partial charge in [0.25, 0.3) is 0 Å². The van der Waals surface area contributed by atoms with Crippen LogP contribution in [0.3, 0.4) is 0 Å². The predicted octanol–water partition coefficient (Wildman–Crippen LogP) is 3.12. The van der Waals surface area contributed by atoms with E-state index < -0.39 is 0 Å². The number of anilines is 1. The Hall–Kier alpha value is -2.67. The highest BCUT2D eigenvalue weighted by Gasteiger charge is 2.03. The summed E-state index contributed by atoms with van der Waals surface area (Å²) in [5.41, 5.74) is 4.45. The summed E-state index contributed by atoms with van der Waals surface area (Å²) in [6, 6.07) is 10.3. The van der Waals surface area contributed by atoms with Crippen LogP contribution in [0.5, 0.6) is 0 Å². The smallest absolute Gasteiger partial charge is 0.170 e. The molecule has 3 aromatic rings. The molecule has 2 heterocycles. The lowest BCUT2D eigenvalue weighted by Crippen LogP contribution is -2.29. The maximum atomic E-state index is 5.35. The summed E-state index contributed by atoms with van der Waals surface area (Å²) in [7, 11) is 0. The lowest BCUT2D eigenvalue weighted by molar-refractivity contribution is 0.570. The molecule has 0 radical (unpaired) electrons. The van der Waals surface area contributed by atoms with Crippen molar-refractivity contribution in [3.8, 4) is 0 Å². The number of benzene rings is 1. The largest absolute Gasteiger partial charge is 0.362 e. The Morgan fingerprint density at radius 1 is 1.15 bits per heavy atom. The Labute approximate surface area is 159 Å². The van der Waals surface area contributed by atoms with Gasteiger partial charge in [-0.3, -0.25) is 9.36 Å². The molecule has 0 spiro atoms. The highest BCUT2D eigenvalue weighted by molar-refractivity contribution is 7.80. The van der Waals surface area contributed by atoms with E-state index in [1.54, 1.807) is 6.20 Å². The van der Waals surface area contributed by atoms with Crippen molar-refractivity contribution in [1.82, 2.24) is 24.9 Å². The predicted molar refractivity (Wildman–Crippen MR) is 108 cm³/mol. The number of aryl methyl sites for hydroxylation is 3. The molecule has 0 saturated heterocycles. The van der Waals surface area contributed by atoms with Gasteiger partial charge in [0, 0.05) is 25.5 Å². The summed E-state index contributed by atoms with van der Waals surface area (Å²) >= 11 is 5.35. The van der Waals surface area contributed by atoms with E-state index in [9.17, 15) is 0 Å². The molecule has 0 amide bonds. The fourth-order valence-corrected chi connectivity index (χ4v) is 2.90. The molecular weight excluding hydrogens is 344 g/mol. The highest BCUT2D eigenvalue weighted by atomic mass is 32.1. The van der Waals surface area contributed by atoms with E-state index in [-0.39, 0.29) is 0 Å². The summed E-state index contributed by atoms with van der Waals surface area (Å²) in [4.78, 5) is 0. The van der Waals surface area contributed by atoms with E-state index in [1.165, 1.54) is 11.1 Å². The summed E-state index contributed by atoms with van der Waals surface area (Å²) in [6.45, 7) is 6.52. The number of nitrogens with one attached hydrogen (secondary N) is 2. The van der Waals surface area contributed by atoms with E-state index in [1.807, 2.05) is 40.8 Å². The minimum Gasteiger partial charge on any atom is -0.362 e. The molecule has 0 aliphatic rings. The van der Waals surface area contributed by atoms with Gasteiger partial charge in [0.2, 0.25) is 0 Å². The number of thiocarbonyl (C=S) groups is 1. The molecule has 2 aromatic heterocycles. The van der Waals surface area contributed by atoms with Crippen molar-refractivity contribution in [2.75, 3.05) is 11.9 Å². The average Bonchev–Trinajstić information content (AvgIpc) is 3.23. The molecule has 2 N–H and O–H groups in total. The monoisotopic (exact) mass is 368 g/mol. The molecule has 7 heteroatoms. The topological polar surface area (TPSA) is 59.7 Å². The van der Waals surface area contributed by atoms with Gasteiger partial charge in [-0.25, -0.2) is 0 Å². The lowest BCUT2D eigenvalue weighted by atomic mass is 10.1. The first kappa shape index (κ1) is 18.1. The first-order chi connectivity index (χ1) is 12.6. The van der Waals surface area contributed by atoms with Crippen molar-refractivity contribution in [2.45, 2.75) is 33.4 Å². The molecule has 3 rings (SSSR count). The van der Waals surface area contributed by atoms with Gasteiger partial charge in [0.05, 0.1) is 24.1 Å². The Kier molecular flexibility index (Phi) is 6.01. The minimum atomic E-state index is 0.608. The second-order valence-corrected chi connectivity index (χ2v) is 6.72. The van der Waals surface area contributed by atoms with Crippen LogP contribution in [0.4, 0.5) is 5.69 Å². The zero-order chi connectivity index (χ0) is 18.4. The van der Waals surface area contributed by atoms with Crippen LogP contribution in [-0.4, -0.2) is 31.2 Å². The number of hydrogen-bond acceptors (Lipinski definition) is 3.